The molecule has 0 spiro atoms. The second-order valence-electron chi connectivity index (χ2n) is 5.32. The quantitative estimate of drug-likeness (QED) is 0.550. The van der Waals surface area contributed by atoms with Gasteiger partial charge in [0.15, 0.2) is 0 Å². The van der Waals surface area contributed by atoms with Crippen molar-refractivity contribution in [1.82, 2.24) is 0 Å². The summed E-state index contributed by atoms with van der Waals surface area (Å²) in [5.41, 5.74) is 4.03. The smallest absolute Gasteiger partial charge is 0.0624 e. The molecule has 1 aliphatic rings. The summed E-state index contributed by atoms with van der Waals surface area (Å²) in [7, 11) is 0. The first-order chi connectivity index (χ1) is 9.66. The molecule has 0 aliphatic heterocycles. The van der Waals surface area contributed by atoms with Crippen molar-refractivity contribution < 1.29 is 0 Å². The topological polar surface area (TPSA) is 0 Å². The first kappa shape index (κ1) is 14.4. The lowest BCUT2D eigenvalue weighted by molar-refractivity contribution is 0.452. The SMILES string of the molecule is Clc1cccc(CC2CCc3ccccc3C2Br)c1Cl. The first-order valence-electron chi connectivity index (χ1n) is 6.81. The normalized spacial score (nSPS) is 21.6. The predicted octanol–water partition coefficient (Wildman–Crippen LogP) is 6.23. The number of aryl methyl sites for hydroxylation is 1. The van der Waals surface area contributed by atoms with E-state index >= 15 is 0 Å². The molecule has 104 valence electrons. The Bertz CT molecular complexity index is 624. The molecule has 2 unspecified atom stereocenters. The molecule has 0 fully saturated rings. The van der Waals surface area contributed by atoms with Crippen LogP contribution in [0.15, 0.2) is 42.5 Å². The summed E-state index contributed by atoms with van der Waals surface area (Å²) in [4.78, 5) is 0.391. The third-order valence-corrected chi connectivity index (χ3v) is 6.16. The molecule has 0 N–H and O–H groups in total. The molecule has 0 radical (unpaired) electrons. The van der Waals surface area contributed by atoms with Crippen LogP contribution in [0.2, 0.25) is 10.0 Å². The summed E-state index contributed by atoms with van der Waals surface area (Å²) in [6, 6.07) is 14.6. The van der Waals surface area contributed by atoms with E-state index < -0.39 is 0 Å². The fourth-order valence-corrected chi connectivity index (χ4v) is 4.26. The highest BCUT2D eigenvalue weighted by Crippen LogP contribution is 2.43. The maximum Gasteiger partial charge on any atom is 0.0624 e. The van der Waals surface area contributed by atoms with Crippen LogP contribution in [0.1, 0.15) is 27.9 Å². The van der Waals surface area contributed by atoms with E-state index in [0.717, 1.165) is 18.4 Å². The van der Waals surface area contributed by atoms with Gasteiger partial charge in [-0.2, -0.15) is 0 Å². The van der Waals surface area contributed by atoms with Gasteiger partial charge in [0, 0.05) is 4.83 Å². The number of fused-ring (bicyclic) bond motifs is 1. The van der Waals surface area contributed by atoms with Crippen molar-refractivity contribution in [2.24, 2.45) is 5.92 Å². The number of hydrogen-bond acceptors (Lipinski definition) is 0. The largest absolute Gasteiger partial charge is 0.0836 e. The molecule has 0 nitrogen and oxygen atoms in total. The molecule has 1 aliphatic carbocycles. The summed E-state index contributed by atoms with van der Waals surface area (Å²) in [6.45, 7) is 0. The molecule has 0 saturated carbocycles. The maximum atomic E-state index is 6.31. The van der Waals surface area contributed by atoms with Crippen LogP contribution in [0.5, 0.6) is 0 Å². The second kappa shape index (κ2) is 6.09. The van der Waals surface area contributed by atoms with Crippen molar-refractivity contribution in [2.75, 3.05) is 0 Å². The lowest BCUT2D eigenvalue weighted by Gasteiger charge is -2.30. The molecular formula is C17H15BrCl2. The van der Waals surface area contributed by atoms with Gasteiger partial charge in [0.2, 0.25) is 0 Å². The molecule has 0 saturated heterocycles. The molecule has 0 amide bonds. The number of benzene rings is 2. The zero-order chi connectivity index (χ0) is 14.1. The Balaban J connectivity index is 1.85. The monoisotopic (exact) mass is 368 g/mol. The van der Waals surface area contributed by atoms with Crippen molar-refractivity contribution >= 4 is 39.1 Å². The number of hydrogen-bond donors (Lipinski definition) is 0. The van der Waals surface area contributed by atoms with E-state index in [1.165, 1.54) is 17.5 Å². The minimum Gasteiger partial charge on any atom is -0.0836 e. The highest BCUT2D eigenvalue weighted by atomic mass is 79.9. The van der Waals surface area contributed by atoms with E-state index in [2.05, 4.69) is 46.3 Å². The third kappa shape index (κ3) is 2.77. The van der Waals surface area contributed by atoms with Gasteiger partial charge in [0.25, 0.3) is 0 Å². The molecule has 0 bridgehead atoms. The van der Waals surface area contributed by atoms with Gasteiger partial charge >= 0.3 is 0 Å². The Morgan fingerprint density at radius 1 is 1.05 bits per heavy atom. The average molecular weight is 370 g/mol. The molecule has 0 aromatic heterocycles. The van der Waals surface area contributed by atoms with Gasteiger partial charge < -0.3 is 0 Å². The Kier molecular flexibility index (Phi) is 4.40. The first-order valence-corrected chi connectivity index (χ1v) is 8.48. The van der Waals surface area contributed by atoms with E-state index in [0.29, 0.717) is 20.8 Å². The zero-order valence-corrected chi connectivity index (χ0v) is 14.0. The number of halogens is 3. The zero-order valence-electron chi connectivity index (χ0n) is 11.0. The van der Waals surface area contributed by atoms with Gasteiger partial charge in [-0.25, -0.2) is 0 Å². The van der Waals surface area contributed by atoms with Crippen LogP contribution in [-0.4, -0.2) is 0 Å². The van der Waals surface area contributed by atoms with Crippen molar-refractivity contribution in [3.05, 3.63) is 69.2 Å². The van der Waals surface area contributed by atoms with E-state index in [-0.39, 0.29) is 0 Å². The van der Waals surface area contributed by atoms with Gasteiger partial charge in [-0.3, -0.25) is 0 Å². The van der Waals surface area contributed by atoms with E-state index in [4.69, 9.17) is 23.2 Å². The Hall–Kier alpha value is -0.500. The highest BCUT2D eigenvalue weighted by Gasteiger charge is 2.27. The Morgan fingerprint density at radius 3 is 2.70 bits per heavy atom. The summed E-state index contributed by atoms with van der Waals surface area (Å²) < 4.78 is 0. The van der Waals surface area contributed by atoms with Crippen LogP contribution in [0, 0.1) is 5.92 Å². The fourth-order valence-electron chi connectivity index (χ4n) is 2.97. The molecule has 0 heterocycles. The minimum atomic E-state index is 0.391. The van der Waals surface area contributed by atoms with Crippen molar-refractivity contribution in [3.8, 4) is 0 Å². The third-order valence-electron chi connectivity index (χ3n) is 4.06. The highest BCUT2D eigenvalue weighted by molar-refractivity contribution is 9.09. The molecule has 3 rings (SSSR count). The van der Waals surface area contributed by atoms with Crippen molar-refractivity contribution in [2.45, 2.75) is 24.1 Å². The van der Waals surface area contributed by atoms with Crippen LogP contribution in [-0.2, 0) is 12.8 Å². The summed E-state index contributed by atoms with van der Waals surface area (Å²) >= 11 is 16.3. The molecule has 2 aromatic carbocycles. The van der Waals surface area contributed by atoms with Crippen LogP contribution in [0.25, 0.3) is 0 Å². The molecule has 2 atom stereocenters. The Morgan fingerprint density at radius 2 is 1.85 bits per heavy atom. The van der Waals surface area contributed by atoms with E-state index in [1.54, 1.807) is 0 Å². The van der Waals surface area contributed by atoms with Crippen LogP contribution in [0.4, 0.5) is 0 Å². The maximum absolute atomic E-state index is 6.31. The van der Waals surface area contributed by atoms with Gasteiger partial charge in [0.05, 0.1) is 10.0 Å². The van der Waals surface area contributed by atoms with E-state index in [9.17, 15) is 0 Å². The van der Waals surface area contributed by atoms with Crippen molar-refractivity contribution in [1.29, 1.82) is 0 Å². The lowest BCUT2D eigenvalue weighted by atomic mass is 9.81. The molecule has 3 heteroatoms. The molecule has 20 heavy (non-hydrogen) atoms. The van der Waals surface area contributed by atoms with Crippen LogP contribution >= 0.6 is 39.1 Å². The van der Waals surface area contributed by atoms with Gasteiger partial charge in [-0.15, -0.1) is 0 Å². The molecule has 2 aromatic rings. The van der Waals surface area contributed by atoms with Crippen LogP contribution in [0.3, 0.4) is 0 Å². The number of rotatable bonds is 2. The van der Waals surface area contributed by atoms with E-state index in [1.807, 2.05) is 12.1 Å². The lowest BCUT2D eigenvalue weighted by Crippen LogP contribution is -2.19. The predicted molar refractivity (Wildman–Crippen MR) is 90.1 cm³/mol. The van der Waals surface area contributed by atoms with Gasteiger partial charge in [0.1, 0.15) is 0 Å². The standard InChI is InChI=1S/C17H15BrCl2/c18-16-12(9-8-11-4-1-2-6-14(11)16)10-13-5-3-7-15(19)17(13)20/h1-7,12,16H,8-10H2. The van der Waals surface area contributed by atoms with Gasteiger partial charge in [-0.1, -0.05) is 75.5 Å². The summed E-state index contributed by atoms with van der Waals surface area (Å²) in [5, 5.41) is 1.35. The van der Waals surface area contributed by atoms with Crippen LogP contribution < -0.4 is 0 Å². The minimum absolute atomic E-state index is 0.391. The van der Waals surface area contributed by atoms with Gasteiger partial charge in [-0.05, 0) is 47.9 Å². The fraction of sp³-hybridized carbons (Fsp3) is 0.294. The Labute approximate surface area is 138 Å². The second-order valence-corrected chi connectivity index (χ2v) is 7.09. The average Bonchev–Trinajstić information content (AvgIpc) is 2.47. The summed E-state index contributed by atoms with van der Waals surface area (Å²) in [6.07, 6.45) is 3.28. The summed E-state index contributed by atoms with van der Waals surface area (Å²) in [5.74, 6) is 0.556. The number of alkyl halides is 1. The molecular weight excluding hydrogens is 355 g/mol. The van der Waals surface area contributed by atoms with Crippen molar-refractivity contribution in [3.63, 3.8) is 0 Å².